The smallest absolute Gasteiger partial charge is 0.172 e. The molecular formula is C21H21N3S. The number of nitrogens with one attached hydrogen (secondary N) is 2. The van der Waals surface area contributed by atoms with E-state index in [1.54, 1.807) is 0 Å². The third kappa shape index (κ3) is 4.64. The van der Waals surface area contributed by atoms with E-state index >= 15 is 0 Å². The summed E-state index contributed by atoms with van der Waals surface area (Å²) in [6, 6.07) is 22.7. The first kappa shape index (κ1) is 17.1. The summed E-state index contributed by atoms with van der Waals surface area (Å²) in [7, 11) is 0. The third-order valence-corrected chi connectivity index (χ3v) is 4.16. The van der Waals surface area contributed by atoms with E-state index in [1.807, 2.05) is 43.5 Å². The number of aromatic nitrogens is 1. The van der Waals surface area contributed by atoms with Crippen LogP contribution in [0.4, 0.5) is 5.82 Å². The minimum Gasteiger partial charge on any atom is -0.351 e. The highest BCUT2D eigenvalue weighted by molar-refractivity contribution is 7.80. The molecule has 0 amide bonds. The Labute approximate surface area is 154 Å². The highest BCUT2D eigenvalue weighted by Gasteiger charge is 2.15. The lowest BCUT2D eigenvalue weighted by Crippen LogP contribution is -2.33. The van der Waals surface area contributed by atoms with E-state index < -0.39 is 0 Å². The van der Waals surface area contributed by atoms with Crippen LogP contribution in [0.25, 0.3) is 0 Å². The molecule has 2 aromatic carbocycles. The van der Waals surface area contributed by atoms with Crippen molar-refractivity contribution in [3.8, 4) is 0 Å². The minimum atomic E-state index is -0.0217. The second-order valence-electron chi connectivity index (χ2n) is 6.08. The van der Waals surface area contributed by atoms with Crippen molar-refractivity contribution >= 4 is 23.1 Å². The summed E-state index contributed by atoms with van der Waals surface area (Å²) in [5.74, 6) is 0.735. The topological polar surface area (TPSA) is 37.0 Å². The molecule has 1 heterocycles. The van der Waals surface area contributed by atoms with Crippen LogP contribution >= 0.6 is 12.2 Å². The van der Waals surface area contributed by atoms with Crippen molar-refractivity contribution < 1.29 is 0 Å². The van der Waals surface area contributed by atoms with Gasteiger partial charge in [-0.05, 0) is 48.8 Å². The molecule has 0 saturated carbocycles. The van der Waals surface area contributed by atoms with E-state index in [-0.39, 0.29) is 6.04 Å². The summed E-state index contributed by atoms with van der Waals surface area (Å²) in [4.78, 5) is 4.35. The summed E-state index contributed by atoms with van der Waals surface area (Å²) >= 11 is 5.52. The van der Waals surface area contributed by atoms with Crippen LogP contribution in [0, 0.1) is 13.8 Å². The number of thiocarbonyl (C=S) groups is 1. The Balaban J connectivity index is 1.82. The SMILES string of the molecule is Cc1ccc(NC(=S)NC(c2ccccc2)c2cccc(C)c2)nc1. The van der Waals surface area contributed by atoms with Gasteiger partial charge in [0.25, 0.3) is 0 Å². The van der Waals surface area contributed by atoms with Gasteiger partial charge in [0.1, 0.15) is 5.82 Å². The molecule has 0 radical (unpaired) electrons. The molecular weight excluding hydrogens is 326 g/mol. The highest BCUT2D eigenvalue weighted by Crippen LogP contribution is 2.23. The Morgan fingerprint density at radius 3 is 2.32 bits per heavy atom. The molecule has 0 spiro atoms. The molecule has 1 atom stereocenters. The number of aryl methyl sites for hydroxylation is 2. The van der Waals surface area contributed by atoms with E-state index in [0.717, 1.165) is 16.9 Å². The summed E-state index contributed by atoms with van der Waals surface area (Å²) < 4.78 is 0. The zero-order valence-electron chi connectivity index (χ0n) is 14.4. The Kier molecular flexibility index (Phi) is 5.41. The molecule has 1 aromatic heterocycles. The average molecular weight is 347 g/mol. The predicted octanol–water partition coefficient (Wildman–Crippen LogP) is 4.77. The van der Waals surface area contributed by atoms with Crippen LogP contribution in [-0.4, -0.2) is 10.1 Å². The van der Waals surface area contributed by atoms with Gasteiger partial charge in [0.05, 0.1) is 6.04 Å². The monoisotopic (exact) mass is 347 g/mol. The zero-order chi connectivity index (χ0) is 17.6. The van der Waals surface area contributed by atoms with Crippen LogP contribution in [0.1, 0.15) is 28.3 Å². The Morgan fingerprint density at radius 2 is 1.64 bits per heavy atom. The van der Waals surface area contributed by atoms with Crippen molar-refractivity contribution in [2.75, 3.05) is 5.32 Å². The van der Waals surface area contributed by atoms with Gasteiger partial charge >= 0.3 is 0 Å². The normalized spacial score (nSPS) is 11.6. The number of benzene rings is 2. The lowest BCUT2D eigenvalue weighted by atomic mass is 9.97. The van der Waals surface area contributed by atoms with Gasteiger partial charge in [-0.3, -0.25) is 0 Å². The minimum absolute atomic E-state index is 0.0217. The van der Waals surface area contributed by atoms with Crippen LogP contribution in [-0.2, 0) is 0 Å². The number of nitrogens with zero attached hydrogens (tertiary/aromatic N) is 1. The first-order chi connectivity index (χ1) is 12.1. The third-order valence-electron chi connectivity index (χ3n) is 3.94. The van der Waals surface area contributed by atoms with E-state index in [1.165, 1.54) is 11.1 Å². The number of anilines is 1. The Morgan fingerprint density at radius 1 is 0.880 bits per heavy atom. The average Bonchev–Trinajstić information content (AvgIpc) is 2.62. The molecule has 3 nitrogen and oxygen atoms in total. The molecule has 0 fully saturated rings. The van der Waals surface area contributed by atoms with Gasteiger partial charge in [-0.1, -0.05) is 66.2 Å². The summed E-state index contributed by atoms with van der Waals surface area (Å²) in [6.45, 7) is 4.11. The lowest BCUT2D eigenvalue weighted by molar-refractivity contribution is 0.767. The number of rotatable bonds is 4. The van der Waals surface area contributed by atoms with Crippen LogP contribution in [0.5, 0.6) is 0 Å². The van der Waals surface area contributed by atoms with Crippen LogP contribution in [0.15, 0.2) is 72.9 Å². The van der Waals surface area contributed by atoms with E-state index in [9.17, 15) is 0 Å². The molecule has 2 N–H and O–H groups in total. The maximum Gasteiger partial charge on any atom is 0.172 e. The lowest BCUT2D eigenvalue weighted by Gasteiger charge is -2.22. The van der Waals surface area contributed by atoms with Crippen molar-refractivity contribution in [1.82, 2.24) is 10.3 Å². The fourth-order valence-corrected chi connectivity index (χ4v) is 2.90. The largest absolute Gasteiger partial charge is 0.351 e. The zero-order valence-corrected chi connectivity index (χ0v) is 15.2. The molecule has 0 aliphatic rings. The quantitative estimate of drug-likeness (QED) is 0.666. The van der Waals surface area contributed by atoms with E-state index in [2.05, 4.69) is 58.9 Å². The van der Waals surface area contributed by atoms with Gasteiger partial charge in [0.15, 0.2) is 5.11 Å². The van der Waals surface area contributed by atoms with Crippen molar-refractivity contribution in [3.63, 3.8) is 0 Å². The van der Waals surface area contributed by atoms with E-state index in [4.69, 9.17) is 12.2 Å². The van der Waals surface area contributed by atoms with Crippen LogP contribution in [0.3, 0.4) is 0 Å². The van der Waals surface area contributed by atoms with Gasteiger partial charge in [0.2, 0.25) is 0 Å². The fourth-order valence-electron chi connectivity index (χ4n) is 2.68. The number of pyridine rings is 1. The standard InChI is InChI=1S/C21H21N3S/c1-15-7-6-10-18(13-15)20(17-8-4-3-5-9-17)24-21(25)23-19-12-11-16(2)14-22-19/h3-14,20H,1-2H3,(H2,22,23,24,25). The highest BCUT2D eigenvalue weighted by atomic mass is 32.1. The van der Waals surface area contributed by atoms with Gasteiger partial charge in [0, 0.05) is 6.20 Å². The van der Waals surface area contributed by atoms with Gasteiger partial charge < -0.3 is 10.6 Å². The van der Waals surface area contributed by atoms with Crippen molar-refractivity contribution in [2.45, 2.75) is 19.9 Å². The molecule has 25 heavy (non-hydrogen) atoms. The summed E-state index contributed by atoms with van der Waals surface area (Å²) in [5, 5.41) is 7.13. The van der Waals surface area contributed by atoms with Crippen molar-refractivity contribution in [3.05, 3.63) is 95.2 Å². The summed E-state index contributed by atoms with van der Waals surface area (Å²) in [5.41, 5.74) is 4.67. The maximum atomic E-state index is 5.52. The molecule has 126 valence electrons. The first-order valence-corrected chi connectivity index (χ1v) is 8.64. The maximum absolute atomic E-state index is 5.52. The second-order valence-corrected chi connectivity index (χ2v) is 6.49. The van der Waals surface area contributed by atoms with Gasteiger partial charge in [-0.15, -0.1) is 0 Å². The van der Waals surface area contributed by atoms with E-state index in [0.29, 0.717) is 5.11 Å². The molecule has 3 aromatic rings. The Hall–Kier alpha value is -2.72. The summed E-state index contributed by atoms with van der Waals surface area (Å²) in [6.07, 6.45) is 1.82. The molecule has 3 rings (SSSR count). The van der Waals surface area contributed by atoms with Crippen molar-refractivity contribution in [2.24, 2.45) is 0 Å². The van der Waals surface area contributed by atoms with Gasteiger partial charge in [-0.2, -0.15) is 0 Å². The second kappa shape index (κ2) is 7.90. The van der Waals surface area contributed by atoms with Crippen molar-refractivity contribution in [1.29, 1.82) is 0 Å². The first-order valence-electron chi connectivity index (χ1n) is 8.23. The fraction of sp³-hybridized carbons (Fsp3) is 0.143. The van der Waals surface area contributed by atoms with Crippen LogP contribution in [0.2, 0.25) is 0 Å². The van der Waals surface area contributed by atoms with Gasteiger partial charge in [-0.25, -0.2) is 4.98 Å². The molecule has 0 saturated heterocycles. The number of hydrogen-bond donors (Lipinski definition) is 2. The Bertz CT molecular complexity index is 845. The molecule has 4 heteroatoms. The predicted molar refractivity (Wildman–Crippen MR) is 108 cm³/mol. The molecule has 1 unspecified atom stereocenters. The number of hydrogen-bond acceptors (Lipinski definition) is 2. The van der Waals surface area contributed by atoms with Crippen LogP contribution < -0.4 is 10.6 Å². The molecule has 0 bridgehead atoms. The molecule has 0 aliphatic carbocycles. The molecule has 0 aliphatic heterocycles.